The molecule has 1 fully saturated rings. The van der Waals surface area contributed by atoms with Crippen molar-refractivity contribution in [2.45, 2.75) is 51.5 Å². The summed E-state index contributed by atoms with van der Waals surface area (Å²) in [6.45, 7) is 4.57. The van der Waals surface area contributed by atoms with Crippen LogP contribution in [0.1, 0.15) is 50.3 Å². The summed E-state index contributed by atoms with van der Waals surface area (Å²) in [4.78, 5) is 4.72. The van der Waals surface area contributed by atoms with Gasteiger partial charge >= 0.3 is 0 Å². The lowest BCUT2D eigenvalue weighted by Crippen LogP contribution is -2.31. The molecule has 94 valence electrons. The second kappa shape index (κ2) is 4.77. The van der Waals surface area contributed by atoms with E-state index in [0.717, 1.165) is 31.1 Å². The number of nitrogens with zero attached hydrogens (tertiary/aromatic N) is 3. The Hall–Kier alpha value is -0.900. The highest BCUT2D eigenvalue weighted by Crippen LogP contribution is 2.23. The first-order valence-electron chi connectivity index (χ1n) is 6.98. The summed E-state index contributed by atoms with van der Waals surface area (Å²) in [5.74, 6) is 3.02. The molecule has 2 unspecified atom stereocenters. The fourth-order valence-electron chi connectivity index (χ4n) is 3.05. The molecule has 4 heteroatoms. The normalized spacial score (nSPS) is 29.0. The molecule has 0 amide bonds. The smallest absolute Gasteiger partial charge is 0.151 e. The predicted octanol–water partition coefficient (Wildman–Crippen LogP) is 1.72. The Labute approximate surface area is 103 Å². The van der Waals surface area contributed by atoms with Crippen LogP contribution in [0, 0.1) is 5.92 Å². The molecule has 0 aliphatic carbocycles. The summed E-state index contributed by atoms with van der Waals surface area (Å²) in [7, 11) is 0. The zero-order valence-corrected chi connectivity index (χ0v) is 10.7. The lowest BCUT2D eigenvalue weighted by Gasteiger charge is -2.21. The lowest BCUT2D eigenvalue weighted by molar-refractivity contribution is 0.364. The molecule has 1 saturated heterocycles. The van der Waals surface area contributed by atoms with E-state index >= 15 is 0 Å². The van der Waals surface area contributed by atoms with Gasteiger partial charge < -0.3 is 5.32 Å². The average molecular weight is 234 g/mol. The molecular formula is C13H22N4. The number of hydrogen-bond donors (Lipinski definition) is 1. The number of rotatable bonds is 2. The van der Waals surface area contributed by atoms with E-state index in [4.69, 9.17) is 10.1 Å². The highest BCUT2D eigenvalue weighted by molar-refractivity contribution is 4.99. The number of nitrogens with one attached hydrogen (secondary N) is 1. The number of fused-ring (bicyclic) bond motifs is 1. The molecular weight excluding hydrogens is 212 g/mol. The molecule has 2 aliphatic rings. The van der Waals surface area contributed by atoms with Crippen molar-refractivity contribution >= 4 is 0 Å². The number of piperidine rings is 1. The summed E-state index contributed by atoms with van der Waals surface area (Å²) in [6, 6.07) is 0.546. The first-order chi connectivity index (χ1) is 8.33. The van der Waals surface area contributed by atoms with Gasteiger partial charge in [-0.25, -0.2) is 9.67 Å². The molecule has 0 spiro atoms. The van der Waals surface area contributed by atoms with Gasteiger partial charge in [-0.05, 0) is 51.6 Å². The molecule has 2 aliphatic heterocycles. The average Bonchev–Trinajstić information content (AvgIpc) is 2.74. The minimum absolute atomic E-state index is 0.546. The van der Waals surface area contributed by atoms with Crippen LogP contribution in [-0.2, 0) is 12.8 Å². The zero-order valence-electron chi connectivity index (χ0n) is 10.7. The largest absolute Gasteiger partial charge is 0.316 e. The van der Waals surface area contributed by atoms with Crippen LogP contribution in [0.5, 0.6) is 0 Å². The maximum atomic E-state index is 4.72. The van der Waals surface area contributed by atoms with Crippen LogP contribution in [0.4, 0.5) is 0 Å². The summed E-state index contributed by atoms with van der Waals surface area (Å²) < 4.78 is 2.16. The quantitative estimate of drug-likeness (QED) is 0.847. The van der Waals surface area contributed by atoms with Crippen LogP contribution in [-0.4, -0.2) is 27.9 Å². The summed E-state index contributed by atoms with van der Waals surface area (Å²) in [6.07, 6.45) is 7.31. The van der Waals surface area contributed by atoms with Gasteiger partial charge in [0.15, 0.2) is 5.82 Å². The van der Waals surface area contributed by atoms with Gasteiger partial charge in [-0.15, -0.1) is 0 Å². The molecule has 3 heterocycles. The van der Waals surface area contributed by atoms with E-state index in [2.05, 4.69) is 16.9 Å². The van der Waals surface area contributed by atoms with E-state index in [-0.39, 0.29) is 0 Å². The van der Waals surface area contributed by atoms with Crippen molar-refractivity contribution in [3.05, 3.63) is 11.6 Å². The van der Waals surface area contributed by atoms with Crippen molar-refractivity contribution in [3.8, 4) is 0 Å². The SMILES string of the molecule is CC1CCCc2nc(CC3CCCNC3)nn21. The topological polar surface area (TPSA) is 42.7 Å². The predicted molar refractivity (Wildman–Crippen MR) is 67.0 cm³/mol. The van der Waals surface area contributed by atoms with E-state index in [9.17, 15) is 0 Å². The number of hydrogen-bond acceptors (Lipinski definition) is 3. The number of aryl methyl sites for hydroxylation is 1. The Morgan fingerprint density at radius 2 is 2.29 bits per heavy atom. The molecule has 2 atom stereocenters. The first kappa shape index (κ1) is 11.2. The monoisotopic (exact) mass is 234 g/mol. The van der Waals surface area contributed by atoms with Crippen LogP contribution >= 0.6 is 0 Å². The van der Waals surface area contributed by atoms with Crippen molar-refractivity contribution in [3.63, 3.8) is 0 Å². The van der Waals surface area contributed by atoms with Gasteiger partial charge in [0, 0.05) is 12.8 Å². The molecule has 1 N–H and O–H groups in total. The van der Waals surface area contributed by atoms with Crippen LogP contribution < -0.4 is 5.32 Å². The Balaban J connectivity index is 1.71. The standard InChI is InChI=1S/C13H22N4/c1-10-4-2-6-13-15-12(16-17(10)13)8-11-5-3-7-14-9-11/h10-11,14H,2-9H2,1H3. The highest BCUT2D eigenvalue weighted by Gasteiger charge is 2.21. The van der Waals surface area contributed by atoms with Crippen molar-refractivity contribution < 1.29 is 0 Å². The van der Waals surface area contributed by atoms with Crippen molar-refractivity contribution in [1.82, 2.24) is 20.1 Å². The van der Waals surface area contributed by atoms with Crippen molar-refractivity contribution in [2.75, 3.05) is 13.1 Å². The molecule has 17 heavy (non-hydrogen) atoms. The second-order valence-corrected chi connectivity index (χ2v) is 5.55. The lowest BCUT2D eigenvalue weighted by atomic mass is 9.96. The van der Waals surface area contributed by atoms with Gasteiger partial charge in [0.1, 0.15) is 5.82 Å². The van der Waals surface area contributed by atoms with Crippen LogP contribution in [0.15, 0.2) is 0 Å². The third-order valence-electron chi connectivity index (χ3n) is 4.06. The van der Waals surface area contributed by atoms with Crippen LogP contribution in [0.3, 0.4) is 0 Å². The molecule has 0 aromatic carbocycles. The first-order valence-corrected chi connectivity index (χ1v) is 6.98. The fraction of sp³-hybridized carbons (Fsp3) is 0.846. The molecule has 0 bridgehead atoms. The molecule has 1 aromatic rings. The Bertz CT molecular complexity index is 379. The fourth-order valence-corrected chi connectivity index (χ4v) is 3.05. The van der Waals surface area contributed by atoms with Crippen molar-refractivity contribution in [1.29, 1.82) is 0 Å². The zero-order chi connectivity index (χ0) is 11.7. The Morgan fingerprint density at radius 3 is 3.06 bits per heavy atom. The van der Waals surface area contributed by atoms with E-state index in [1.807, 2.05) is 0 Å². The van der Waals surface area contributed by atoms with Gasteiger partial charge in [0.05, 0.1) is 6.04 Å². The Morgan fingerprint density at radius 1 is 1.35 bits per heavy atom. The Kier molecular flexibility index (Phi) is 3.14. The van der Waals surface area contributed by atoms with Crippen LogP contribution in [0.2, 0.25) is 0 Å². The van der Waals surface area contributed by atoms with Gasteiger partial charge in [-0.2, -0.15) is 5.10 Å². The summed E-state index contributed by atoms with van der Waals surface area (Å²) in [5, 5.41) is 8.17. The summed E-state index contributed by atoms with van der Waals surface area (Å²) >= 11 is 0. The van der Waals surface area contributed by atoms with E-state index in [1.54, 1.807) is 0 Å². The van der Waals surface area contributed by atoms with Crippen molar-refractivity contribution in [2.24, 2.45) is 5.92 Å². The molecule has 4 nitrogen and oxygen atoms in total. The van der Waals surface area contributed by atoms with E-state index in [0.29, 0.717) is 6.04 Å². The van der Waals surface area contributed by atoms with E-state index < -0.39 is 0 Å². The minimum Gasteiger partial charge on any atom is -0.316 e. The van der Waals surface area contributed by atoms with Gasteiger partial charge in [0.25, 0.3) is 0 Å². The number of aromatic nitrogens is 3. The molecule has 0 radical (unpaired) electrons. The molecule has 0 saturated carbocycles. The third kappa shape index (κ3) is 2.37. The third-order valence-corrected chi connectivity index (χ3v) is 4.06. The maximum Gasteiger partial charge on any atom is 0.151 e. The highest BCUT2D eigenvalue weighted by atomic mass is 15.4. The van der Waals surface area contributed by atoms with Gasteiger partial charge in [-0.1, -0.05) is 0 Å². The van der Waals surface area contributed by atoms with E-state index in [1.165, 1.54) is 38.1 Å². The molecule has 3 rings (SSSR count). The minimum atomic E-state index is 0.546. The maximum absolute atomic E-state index is 4.72. The van der Waals surface area contributed by atoms with Gasteiger partial charge in [0.2, 0.25) is 0 Å². The van der Waals surface area contributed by atoms with Gasteiger partial charge in [-0.3, -0.25) is 0 Å². The second-order valence-electron chi connectivity index (χ2n) is 5.55. The molecule has 1 aromatic heterocycles. The summed E-state index contributed by atoms with van der Waals surface area (Å²) in [5.41, 5.74) is 0. The van der Waals surface area contributed by atoms with Crippen LogP contribution in [0.25, 0.3) is 0 Å².